The summed E-state index contributed by atoms with van der Waals surface area (Å²) in [5.74, 6) is 0.696. The van der Waals surface area contributed by atoms with Gasteiger partial charge in [0, 0.05) is 18.1 Å². The molecule has 0 aromatic heterocycles. The van der Waals surface area contributed by atoms with Crippen molar-refractivity contribution in [2.24, 2.45) is 5.92 Å². The smallest absolute Gasteiger partial charge is 0.0617 e. The van der Waals surface area contributed by atoms with E-state index in [4.69, 9.17) is 0 Å². The van der Waals surface area contributed by atoms with Gasteiger partial charge in [0.15, 0.2) is 0 Å². The number of aliphatic hydroxyl groups is 1. The molecule has 3 aliphatic rings. The van der Waals surface area contributed by atoms with Crippen molar-refractivity contribution in [3.63, 3.8) is 0 Å². The first-order valence-electron chi connectivity index (χ1n) is 5.93. The molecule has 1 aliphatic carbocycles. The van der Waals surface area contributed by atoms with E-state index in [1.165, 1.54) is 38.9 Å². The zero-order valence-electron chi connectivity index (χ0n) is 8.71. The van der Waals surface area contributed by atoms with E-state index in [-0.39, 0.29) is 5.54 Å². The van der Waals surface area contributed by atoms with E-state index in [2.05, 4.69) is 10.2 Å². The van der Waals surface area contributed by atoms with E-state index in [1.807, 2.05) is 0 Å². The van der Waals surface area contributed by atoms with Crippen LogP contribution in [0, 0.1) is 5.92 Å². The Hall–Kier alpha value is -0.120. The maximum Gasteiger partial charge on any atom is 0.0617 e. The summed E-state index contributed by atoms with van der Waals surface area (Å²) in [6.07, 6.45) is 5.06. The van der Waals surface area contributed by atoms with Gasteiger partial charge in [-0.15, -0.1) is 0 Å². The quantitative estimate of drug-likeness (QED) is 0.676. The Labute approximate surface area is 85.5 Å². The Bertz CT molecular complexity index is 229. The molecule has 0 spiro atoms. The van der Waals surface area contributed by atoms with Crippen molar-refractivity contribution in [1.29, 1.82) is 0 Å². The third kappa shape index (κ3) is 1.38. The number of piperidine rings is 1. The van der Waals surface area contributed by atoms with E-state index in [1.54, 1.807) is 0 Å². The lowest BCUT2D eigenvalue weighted by molar-refractivity contribution is 0.0636. The minimum atomic E-state index is 0.0775. The molecule has 3 fully saturated rings. The van der Waals surface area contributed by atoms with Crippen LogP contribution in [0.4, 0.5) is 0 Å². The predicted molar refractivity (Wildman–Crippen MR) is 55.1 cm³/mol. The molecule has 3 rings (SSSR count). The monoisotopic (exact) mass is 196 g/mol. The van der Waals surface area contributed by atoms with Crippen molar-refractivity contribution in [2.45, 2.75) is 37.3 Å². The summed E-state index contributed by atoms with van der Waals surface area (Å²) < 4.78 is 0. The zero-order chi connectivity index (χ0) is 9.60. The van der Waals surface area contributed by atoms with E-state index in [0.717, 1.165) is 6.42 Å². The highest BCUT2D eigenvalue weighted by Gasteiger charge is 2.47. The van der Waals surface area contributed by atoms with Gasteiger partial charge in [0.05, 0.1) is 6.61 Å². The average Bonchev–Trinajstić information content (AvgIpc) is 2.93. The molecule has 3 nitrogen and oxygen atoms in total. The van der Waals surface area contributed by atoms with Gasteiger partial charge in [-0.2, -0.15) is 0 Å². The molecule has 14 heavy (non-hydrogen) atoms. The third-order valence-corrected chi connectivity index (χ3v) is 4.28. The number of hydrogen-bond donors (Lipinski definition) is 2. The largest absolute Gasteiger partial charge is 0.394 e. The molecule has 80 valence electrons. The summed E-state index contributed by atoms with van der Waals surface area (Å²) >= 11 is 0. The van der Waals surface area contributed by atoms with Crippen LogP contribution in [0.25, 0.3) is 0 Å². The SMILES string of the molecule is OCC1(NC2CC2)CCN2CCC1C2. The Morgan fingerprint density at radius 2 is 2.14 bits per heavy atom. The highest BCUT2D eigenvalue weighted by Crippen LogP contribution is 2.37. The summed E-state index contributed by atoms with van der Waals surface area (Å²) in [7, 11) is 0. The van der Waals surface area contributed by atoms with Crippen molar-refractivity contribution < 1.29 is 5.11 Å². The zero-order valence-corrected chi connectivity index (χ0v) is 8.71. The fourth-order valence-corrected chi connectivity index (χ4v) is 3.13. The van der Waals surface area contributed by atoms with Crippen LogP contribution < -0.4 is 5.32 Å². The van der Waals surface area contributed by atoms with Gasteiger partial charge < -0.3 is 15.3 Å². The number of aliphatic hydroxyl groups excluding tert-OH is 1. The topological polar surface area (TPSA) is 35.5 Å². The summed E-state index contributed by atoms with van der Waals surface area (Å²) in [5, 5.41) is 13.4. The van der Waals surface area contributed by atoms with Gasteiger partial charge in [0.1, 0.15) is 0 Å². The normalized spacial score (nSPS) is 46.9. The van der Waals surface area contributed by atoms with Gasteiger partial charge in [-0.25, -0.2) is 0 Å². The number of nitrogens with one attached hydrogen (secondary N) is 1. The lowest BCUT2D eigenvalue weighted by atomic mass is 9.79. The Balaban J connectivity index is 1.76. The summed E-state index contributed by atoms with van der Waals surface area (Å²) in [6.45, 7) is 3.97. The first-order chi connectivity index (χ1) is 6.82. The van der Waals surface area contributed by atoms with E-state index in [9.17, 15) is 5.11 Å². The van der Waals surface area contributed by atoms with Crippen LogP contribution in [0.15, 0.2) is 0 Å². The molecule has 3 unspecified atom stereocenters. The van der Waals surface area contributed by atoms with Crippen LogP contribution in [0.1, 0.15) is 25.7 Å². The van der Waals surface area contributed by atoms with Crippen LogP contribution in [-0.4, -0.2) is 47.8 Å². The summed E-state index contributed by atoms with van der Waals surface area (Å²) in [5.41, 5.74) is 0.0775. The minimum Gasteiger partial charge on any atom is -0.394 e. The molecule has 0 aromatic rings. The van der Waals surface area contributed by atoms with E-state index in [0.29, 0.717) is 18.6 Å². The number of fused-ring (bicyclic) bond motifs is 2. The fraction of sp³-hybridized carbons (Fsp3) is 1.00. The molecule has 0 amide bonds. The summed E-state index contributed by atoms with van der Waals surface area (Å²) in [4.78, 5) is 2.53. The van der Waals surface area contributed by atoms with E-state index < -0.39 is 0 Å². The molecular formula is C11H20N2O. The Morgan fingerprint density at radius 3 is 2.86 bits per heavy atom. The molecular weight excluding hydrogens is 176 g/mol. The van der Waals surface area contributed by atoms with Crippen molar-refractivity contribution in [3.05, 3.63) is 0 Å². The van der Waals surface area contributed by atoms with Crippen LogP contribution in [0.2, 0.25) is 0 Å². The molecule has 2 N–H and O–H groups in total. The number of rotatable bonds is 3. The highest BCUT2D eigenvalue weighted by atomic mass is 16.3. The molecule has 3 heteroatoms. The first-order valence-corrected chi connectivity index (χ1v) is 5.93. The van der Waals surface area contributed by atoms with Crippen molar-refractivity contribution >= 4 is 0 Å². The molecule has 0 radical (unpaired) electrons. The second kappa shape index (κ2) is 3.19. The third-order valence-electron chi connectivity index (χ3n) is 4.28. The lowest BCUT2D eigenvalue weighted by Crippen LogP contribution is -2.59. The number of hydrogen-bond acceptors (Lipinski definition) is 3. The second-order valence-electron chi connectivity index (χ2n) is 5.27. The molecule has 2 heterocycles. The van der Waals surface area contributed by atoms with Crippen LogP contribution in [0.5, 0.6) is 0 Å². The second-order valence-corrected chi connectivity index (χ2v) is 5.27. The van der Waals surface area contributed by atoms with Gasteiger partial charge in [-0.3, -0.25) is 0 Å². The number of nitrogens with zero attached hydrogens (tertiary/aromatic N) is 1. The standard InChI is InChI=1S/C11H20N2O/c14-8-11(12-10-1-2-10)4-6-13-5-3-9(11)7-13/h9-10,12,14H,1-8H2. The van der Waals surface area contributed by atoms with Gasteiger partial charge in [0.2, 0.25) is 0 Å². The van der Waals surface area contributed by atoms with Crippen LogP contribution >= 0.6 is 0 Å². The lowest BCUT2D eigenvalue weighted by Gasteiger charge is -2.42. The molecule has 3 atom stereocenters. The van der Waals surface area contributed by atoms with Gasteiger partial charge in [-0.05, 0) is 44.7 Å². The molecule has 2 aliphatic heterocycles. The van der Waals surface area contributed by atoms with E-state index >= 15 is 0 Å². The summed E-state index contributed by atoms with van der Waals surface area (Å²) in [6, 6.07) is 0.717. The predicted octanol–water partition coefficient (Wildman–Crippen LogP) is 0.195. The maximum absolute atomic E-state index is 9.66. The fourth-order valence-electron chi connectivity index (χ4n) is 3.13. The molecule has 1 saturated carbocycles. The molecule has 0 aromatic carbocycles. The van der Waals surface area contributed by atoms with Crippen molar-refractivity contribution in [1.82, 2.24) is 10.2 Å². The molecule has 2 saturated heterocycles. The Kier molecular flexibility index (Phi) is 2.08. The van der Waals surface area contributed by atoms with Crippen molar-refractivity contribution in [2.75, 3.05) is 26.2 Å². The van der Waals surface area contributed by atoms with Gasteiger partial charge in [0.25, 0.3) is 0 Å². The minimum absolute atomic E-state index is 0.0775. The maximum atomic E-state index is 9.66. The van der Waals surface area contributed by atoms with Crippen LogP contribution in [-0.2, 0) is 0 Å². The van der Waals surface area contributed by atoms with Gasteiger partial charge in [-0.1, -0.05) is 0 Å². The van der Waals surface area contributed by atoms with Crippen LogP contribution in [0.3, 0.4) is 0 Å². The first kappa shape index (κ1) is 9.13. The Morgan fingerprint density at radius 1 is 1.29 bits per heavy atom. The molecule has 2 bridgehead atoms. The van der Waals surface area contributed by atoms with Gasteiger partial charge >= 0.3 is 0 Å². The highest BCUT2D eigenvalue weighted by molar-refractivity contribution is 5.05. The average molecular weight is 196 g/mol. The van der Waals surface area contributed by atoms with Crippen molar-refractivity contribution in [3.8, 4) is 0 Å².